The molecule has 0 saturated heterocycles. The first kappa shape index (κ1) is 16.1. The second-order valence-electron chi connectivity index (χ2n) is 5.92. The van der Waals surface area contributed by atoms with Crippen LogP contribution < -0.4 is 5.32 Å². The number of nitrogens with one attached hydrogen (secondary N) is 1. The molecule has 2 rings (SSSR count). The standard InChI is InChI=1S/C21H25N/c1-16(2)9-10-19-11-13-20(14-12-19)15-22-18(4)21-8-6-5-7-17(21)3/h5-8,11-14,22H,1,4,9-10,15H2,2-3H3. The summed E-state index contributed by atoms with van der Waals surface area (Å²) in [6.45, 7) is 13.1. The summed E-state index contributed by atoms with van der Waals surface area (Å²) in [5.74, 6) is 0. The van der Waals surface area contributed by atoms with Crippen LogP contribution in [0.1, 0.15) is 35.6 Å². The highest BCUT2D eigenvalue weighted by Gasteiger charge is 2.02. The molecule has 1 heteroatoms. The largest absolute Gasteiger partial charge is 0.381 e. The second-order valence-corrected chi connectivity index (χ2v) is 5.92. The third-order valence-electron chi connectivity index (χ3n) is 3.84. The van der Waals surface area contributed by atoms with Gasteiger partial charge in [-0.05, 0) is 48.9 Å². The minimum Gasteiger partial charge on any atom is -0.381 e. The van der Waals surface area contributed by atoms with Gasteiger partial charge >= 0.3 is 0 Å². The molecule has 0 aliphatic heterocycles. The quantitative estimate of drug-likeness (QED) is 0.686. The molecule has 0 saturated carbocycles. The minimum absolute atomic E-state index is 0.800. The third-order valence-corrected chi connectivity index (χ3v) is 3.84. The van der Waals surface area contributed by atoms with Crippen LogP contribution in [0, 0.1) is 6.92 Å². The van der Waals surface area contributed by atoms with E-state index in [1.165, 1.54) is 27.8 Å². The Morgan fingerprint density at radius 2 is 1.59 bits per heavy atom. The van der Waals surface area contributed by atoms with Crippen molar-refractivity contribution >= 4 is 5.70 Å². The van der Waals surface area contributed by atoms with Crippen LogP contribution in [0.25, 0.3) is 5.70 Å². The number of aryl methyl sites for hydroxylation is 2. The van der Waals surface area contributed by atoms with Crippen LogP contribution in [-0.2, 0) is 13.0 Å². The van der Waals surface area contributed by atoms with Gasteiger partial charge in [0.1, 0.15) is 0 Å². The van der Waals surface area contributed by atoms with Gasteiger partial charge in [0.05, 0.1) is 0 Å². The van der Waals surface area contributed by atoms with Crippen molar-refractivity contribution in [1.82, 2.24) is 5.32 Å². The molecule has 0 bridgehead atoms. The fourth-order valence-electron chi connectivity index (χ4n) is 2.40. The van der Waals surface area contributed by atoms with E-state index >= 15 is 0 Å². The number of benzene rings is 2. The average Bonchev–Trinajstić information content (AvgIpc) is 2.52. The summed E-state index contributed by atoms with van der Waals surface area (Å²) in [5, 5.41) is 3.42. The van der Waals surface area contributed by atoms with E-state index in [1.807, 2.05) is 6.07 Å². The Labute approximate surface area is 134 Å². The van der Waals surface area contributed by atoms with Gasteiger partial charge in [0.2, 0.25) is 0 Å². The first-order valence-electron chi connectivity index (χ1n) is 7.77. The van der Waals surface area contributed by atoms with E-state index in [4.69, 9.17) is 0 Å². The molecule has 0 aliphatic rings. The van der Waals surface area contributed by atoms with Gasteiger partial charge in [-0.15, -0.1) is 6.58 Å². The van der Waals surface area contributed by atoms with E-state index in [-0.39, 0.29) is 0 Å². The topological polar surface area (TPSA) is 12.0 Å². The predicted octanol–water partition coefficient (Wildman–Crippen LogP) is 5.26. The van der Waals surface area contributed by atoms with Gasteiger partial charge < -0.3 is 5.32 Å². The summed E-state index contributed by atoms with van der Waals surface area (Å²) in [4.78, 5) is 0. The van der Waals surface area contributed by atoms with Crippen molar-refractivity contribution in [2.45, 2.75) is 33.2 Å². The zero-order valence-electron chi connectivity index (χ0n) is 13.7. The molecule has 0 fully saturated rings. The molecular formula is C21H25N. The number of allylic oxidation sites excluding steroid dienone is 1. The highest BCUT2D eigenvalue weighted by molar-refractivity contribution is 5.64. The summed E-state index contributed by atoms with van der Waals surface area (Å²) in [6, 6.07) is 17.1. The third kappa shape index (κ3) is 4.63. The Morgan fingerprint density at radius 1 is 0.955 bits per heavy atom. The summed E-state index contributed by atoms with van der Waals surface area (Å²) in [7, 11) is 0. The SMILES string of the molecule is C=C(C)CCc1ccc(CNC(=C)c2ccccc2C)cc1. The lowest BCUT2D eigenvalue weighted by molar-refractivity contribution is 0.885. The zero-order valence-corrected chi connectivity index (χ0v) is 13.7. The van der Waals surface area contributed by atoms with E-state index < -0.39 is 0 Å². The minimum atomic E-state index is 0.800. The maximum absolute atomic E-state index is 4.15. The molecule has 0 spiro atoms. The average molecular weight is 291 g/mol. The first-order chi connectivity index (χ1) is 10.6. The molecular weight excluding hydrogens is 266 g/mol. The predicted molar refractivity (Wildman–Crippen MR) is 96.6 cm³/mol. The van der Waals surface area contributed by atoms with Crippen molar-refractivity contribution in [3.8, 4) is 0 Å². The van der Waals surface area contributed by atoms with Crippen LogP contribution >= 0.6 is 0 Å². The van der Waals surface area contributed by atoms with Crippen LogP contribution in [0.5, 0.6) is 0 Å². The summed E-state index contributed by atoms with van der Waals surface area (Å²) < 4.78 is 0. The van der Waals surface area contributed by atoms with Gasteiger partial charge in [0, 0.05) is 12.2 Å². The van der Waals surface area contributed by atoms with Gasteiger partial charge in [0.15, 0.2) is 0 Å². The molecule has 2 aromatic carbocycles. The van der Waals surface area contributed by atoms with Crippen molar-refractivity contribution in [2.24, 2.45) is 0 Å². The highest BCUT2D eigenvalue weighted by Crippen LogP contribution is 2.15. The molecule has 0 amide bonds. The maximum Gasteiger partial charge on any atom is 0.0400 e. The van der Waals surface area contributed by atoms with E-state index in [2.05, 4.69) is 74.8 Å². The lowest BCUT2D eigenvalue weighted by Crippen LogP contribution is -2.11. The monoisotopic (exact) mass is 291 g/mol. The van der Waals surface area contributed by atoms with E-state index in [0.717, 1.165) is 25.1 Å². The molecule has 0 radical (unpaired) electrons. The molecule has 1 nitrogen and oxygen atoms in total. The van der Waals surface area contributed by atoms with Gasteiger partial charge in [-0.25, -0.2) is 0 Å². The summed E-state index contributed by atoms with van der Waals surface area (Å²) >= 11 is 0. The van der Waals surface area contributed by atoms with Crippen LogP contribution in [-0.4, -0.2) is 0 Å². The molecule has 114 valence electrons. The molecule has 1 N–H and O–H groups in total. The Hall–Kier alpha value is -2.28. The Bertz CT molecular complexity index is 650. The van der Waals surface area contributed by atoms with Gasteiger partial charge in [-0.2, -0.15) is 0 Å². The Morgan fingerprint density at radius 3 is 2.23 bits per heavy atom. The van der Waals surface area contributed by atoms with Gasteiger partial charge in [-0.1, -0.05) is 60.7 Å². The first-order valence-corrected chi connectivity index (χ1v) is 7.77. The summed E-state index contributed by atoms with van der Waals surface area (Å²) in [6.07, 6.45) is 2.13. The molecule has 0 unspecified atom stereocenters. The van der Waals surface area contributed by atoms with E-state index in [1.54, 1.807) is 0 Å². The molecule has 22 heavy (non-hydrogen) atoms. The van der Waals surface area contributed by atoms with Gasteiger partial charge in [-0.3, -0.25) is 0 Å². The summed E-state index contributed by atoms with van der Waals surface area (Å²) in [5.41, 5.74) is 7.28. The maximum atomic E-state index is 4.15. The second kappa shape index (κ2) is 7.65. The van der Waals surface area contributed by atoms with Crippen molar-refractivity contribution < 1.29 is 0 Å². The fourth-order valence-corrected chi connectivity index (χ4v) is 2.40. The number of hydrogen-bond donors (Lipinski definition) is 1. The van der Waals surface area contributed by atoms with Gasteiger partial charge in [0.25, 0.3) is 0 Å². The zero-order chi connectivity index (χ0) is 15.9. The van der Waals surface area contributed by atoms with Crippen LogP contribution in [0.3, 0.4) is 0 Å². The van der Waals surface area contributed by atoms with E-state index in [9.17, 15) is 0 Å². The van der Waals surface area contributed by atoms with Crippen molar-refractivity contribution in [3.63, 3.8) is 0 Å². The van der Waals surface area contributed by atoms with Crippen molar-refractivity contribution in [3.05, 3.63) is 89.5 Å². The normalized spacial score (nSPS) is 10.3. The molecule has 2 aromatic rings. The van der Waals surface area contributed by atoms with Crippen molar-refractivity contribution in [2.75, 3.05) is 0 Å². The van der Waals surface area contributed by atoms with Crippen LogP contribution in [0.4, 0.5) is 0 Å². The highest BCUT2D eigenvalue weighted by atomic mass is 14.9. The Balaban J connectivity index is 1.90. The fraction of sp³-hybridized carbons (Fsp3) is 0.238. The lowest BCUT2D eigenvalue weighted by Gasteiger charge is -2.12. The number of rotatable bonds is 7. The van der Waals surface area contributed by atoms with Crippen LogP contribution in [0.15, 0.2) is 67.3 Å². The lowest BCUT2D eigenvalue weighted by atomic mass is 10.0. The van der Waals surface area contributed by atoms with Crippen molar-refractivity contribution in [1.29, 1.82) is 0 Å². The molecule has 0 aromatic heterocycles. The van der Waals surface area contributed by atoms with Crippen LogP contribution in [0.2, 0.25) is 0 Å². The molecule has 0 atom stereocenters. The van der Waals surface area contributed by atoms with E-state index in [0.29, 0.717) is 0 Å². The molecule has 0 aliphatic carbocycles. The Kier molecular flexibility index (Phi) is 5.60. The smallest absolute Gasteiger partial charge is 0.0400 e. The molecule has 0 heterocycles. The number of hydrogen-bond acceptors (Lipinski definition) is 1.